The maximum atomic E-state index is 9.58. The molecule has 16 heavy (non-hydrogen) atoms. The topological polar surface area (TPSA) is 32.3 Å². The summed E-state index contributed by atoms with van der Waals surface area (Å²) in [7, 11) is 0. The molecule has 0 aromatic heterocycles. The Morgan fingerprint density at radius 2 is 1.88 bits per heavy atom. The van der Waals surface area contributed by atoms with Crippen molar-refractivity contribution >= 4 is 0 Å². The van der Waals surface area contributed by atoms with Gasteiger partial charge < -0.3 is 10.4 Å². The van der Waals surface area contributed by atoms with E-state index < -0.39 is 5.60 Å². The molecule has 0 aliphatic rings. The molecule has 2 heteroatoms. The average molecular weight is 221 g/mol. The van der Waals surface area contributed by atoms with Crippen molar-refractivity contribution < 1.29 is 5.11 Å². The normalized spacial score (nSPS) is 13.8. The summed E-state index contributed by atoms with van der Waals surface area (Å²) >= 11 is 0. The van der Waals surface area contributed by atoms with Crippen molar-refractivity contribution in [3.8, 4) is 0 Å². The molecule has 0 saturated heterocycles. The molecule has 0 bridgehead atoms. The second-order valence-corrected chi connectivity index (χ2v) is 5.11. The molecule has 90 valence electrons. The van der Waals surface area contributed by atoms with E-state index in [-0.39, 0.29) is 0 Å². The number of nitrogens with one attached hydrogen (secondary N) is 1. The molecule has 0 saturated carbocycles. The minimum atomic E-state index is -0.570. The zero-order valence-corrected chi connectivity index (χ0v) is 10.5. The summed E-state index contributed by atoms with van der Waals surface area (Å²) < 4.78 is 0. The average Bonchev–Trinajstić information content (AvgIpc) is 2.17. The van der Waals surface area contributed by atoms with Crippen molar-refractivity contribution in [2.75, 3.05) is 6.54 Å². The zero-order valence-electron chi connectivity index (χ0n) is 10.5. The van der Waals surface area contributed by atoms with Gasteiger partial charge in [-0.25, -0.2) is 0 Å². The van der Waals surface area contributed by atoms with Crippen LogP contribution in [0.25, 0.3) is 0 Å². The van der Waals surface area contributed by atoms with Crippen LogP contribution >= 0.6 is 0 Å². The van der Waals surface area contributed by atoms with Gasteiger partial charge >= 0.3 is 0 Å². The first-order valence-corrected chi connectivity index (χ1v) is 5.97. The number of hydrogen-bond donors (Lipinski definition) is 2. The molecule has 0 aliphatic carbocycles. The van der Waals surface area contributed by atoms with Gasteiger partial charge in [-0.2, -0.15) is 0 Å². The third kappa shape index (κ3) is 5.89. The second kappa shape index (κ2) is 6.02. The largest absolute Gasteiger partial charge is 0.390 e. The Morgan fingerprint density at radius 3 is 2.44 bits per heavy atom. The molecule has 1 unspecified atom stereocenters. The van der Waals surface area contributed by atoms with Crippen LogP contribution in [-0.4, -0.2) is 23.3 Å². The van der Waals surface area contributed by atoms with Crippen LogP contribution in [0.1, 0.15) is 32.8 Å². The summed E-state index contributed by atoms with van der Waals surface area (Å²) in [4.78, 5) is 0. The van der Waals surface area contributed by atoms with Crippen molar-refractivity contribution in [3.05, 3.63) is 35.9 Å². The second-order valence-electron chi connectivity index (χ2n) is 5.11. The van der Waals surface area contributed by atoms with Gasteiger partial charge in [-0.3, -0.25) is 0 Å². The molecule has 0 fully saturated rings. The lowest BCUT2D eigenvalue weighted by Crippen LogP contribution is -2.33. The van der Waals surface area contributed by atoms with Crippen molar-refractivity contribution in [3.63, 3.8) is 0 Å². The quantitative estimate of drug-likeness (QED) is 0.773. The first-order chi connectivity index (χ1) is 7.47. The first-order valence-electron chi connectivity index (χ1n) is 5.97. The molecule has 0 spiro atoms. The highest BCUT2D eigenvalue weighted by atomic mass is 16.3. The van der Waals surface area contributed by atoms with E-state index in [1.54, 1.807) is 0 Å². The number of aliphatic hydroxyl groups is 1. The molecule has 1 rings (SSSR count). The van der Waals surface area contributed by atoms with E-state index in [0.29, 0.717) is 6.04 Å². The van der Waals surface area contributed by atoms with E-state index >= 15 is 0 Å². The lowest BCUT2D eigenvalue weighted by atomic mass is 10.0. The minimum absolute atomic E-state index is 0.449. The zero-order chi connectivity index (χ0) is 12.0. The Kier molecular flexibility index (Phi) is 4.97. The highest BCUT2D eigenvalue weighted by Gasteiger charge is 2.12. The van der Waals surface area contributed by atoms with E-state index in [1.807, 2.05) is 19.9 Å². The van der Waals surface area contributed by atoms with Gasteiger partial charge in [0, 0.05) is 6.04 Å². The van der Waals surface area contributed by atoms with Crippen LogP contribution in [0.2, 0.25) is 0 Å². The summed E-state index contributed by atoms with van der Waals surface area (Å²) in [6, 6.07) is 10.9. The van der Waals surface area contributed by atoms with Crippen molar-refractivity contribution in [1.29, 1.82) is 0 Å². The van der Waals surface area contributed by atoms with Gasteiger partial charge in [0.15, 0.2) is 0 Å². The highest BCUT2D eigenvalue weighted by Crippen LogP contribution is 2.06. The molecule has 0 radical (unpaired) electrons. The predicted molar refractivity (Wildman–Crippen MR) is 68.5 cm³/mol. The summed E-state index contributed by atoms with van der Waals surface area (Å²) in [6.07, 6.45) is 1.82. The molecule has 2 nitrogen and oxygen atoms in total. The van der Waals surface area contributed by atoms with E-state index in [0.717, 1.165) is 19.4 Å². The third-order valence-corrected chi connectivity index (χ3v) is 2.61. The maximum absolute atomic E-state index is 9.58. The van der Waals surface area contributed by atoms with Gasteiger partial charge in [0.1, 0.15) is 0 Å². The number of rotatable bonds is 6. The molecule has 1 aromatic rings. The molecule has 1 atom stereocenters. The fraction of sp³-hybridized carbons (Fsp3) is 0.571. The molecular formula is C14H23NO. The van der Waals surface area contributed by atoms with Crippen LogP contribution in [0.15, 0.2) is 30.3 Å². The van der Waals surface area contributed by atoms with Crippen LogP contribution in [0.4, 0.5) is 0 Å². The van der Waals surface area contributed by atoms with E-state index in [4.69, 9.17) is 0 Å². The minimum Gasteiger partial charge on any atom is -0.390 e. The van der Waals surface area contributed by atoms with Crippen LogP contribution in [0, 0.1) is 0 Å². The molecule has 1 aromatic carbocycles. The molecule has 0 heterocycles. The lowest BCUT2D eigenvalue weighted by molar-refractivity contribution is 0.0705. The summed E-state index contributed by atoms with van der Waals surface area (Å²) in [6.45, 7) is 6.72. The van der Waals surface area contributed by atoms with Gasteiger partial charge in [0.2, 0.25) is 0 Å². The molecular weight excluding hydrogens is 198 g/mol. The Bertz CT molecular complexity index is 289. The third-order valence-electron chi connectivity index (χ3n) is 2.61. The Hall–Kier alpha value is -0.860. The fourth-order valence-corrected chi connectivity index (χ4v) is 1.66. The van der Waals surface area contributed by atoms with Crippen molar-refractivity contribution in [2.45, 2.75) is 45.3 Å². The van der Waals surface area contributed by atoms with E-state index in [9.17, 15) is 5.11 Å². The van der Waals surface area contributed by atoms with Gasteiger partial charge in [-0.1, -0.05) is 30.3 Å². The summed E-state index contributed by atoms with van der Waals surface area (Å²) in [5.74, 6) is 0. The number of hydrogen-bond acceptors (Lipinski definition) is 2. The molecule has 0 amide bonds. The predicted octanol–water partition coefficient (Wildman–Crippen LogP) is 2.37. The Morgan fingerprint density at radius 1 is 1.25 bits per heavy atom. The molecule has 0 aliphatic heterocycles. The van der Waals surface area contributed by atoms with Gasteiger partial charge in [-0.05, 0) is 45.7 Å². The van der Waals surface area contributed by atoms with Gasteiger partial charge in [-0.15, -0.1) is 0 Å². The monoisotopic (exact) mass is 221 g/mol. The first kappa shape index (κ1) is 13.2. The van der Waals surface area contributed by atoms with Crippen LogP contribution in [0.5, 0.6) is 0 Å². The Balaban J connectivity index is 2.24. The van der Waals surface area contributed by atoms with Gasteiger partial charge in [0.05, 0.1) is 5.60 Å². The summed E-state index contributed by atoms with van der Waals surface area (Å²) in [5, 5.41) is 13.0. The van der Waals surface area contributed by atoms with Crippen LogP contribution < -0.4 is 5.32 Å². The Labute approximate surface area is 98.7 Å². The van der Waals surface area contributed by atoms with Crippen LogP contribution in [-0.2, 0) is 6.42 Å². The summed E-state index contributed by atoms with van der Waals surface area (Å²) in [5.41, 5.74) is 0.783. The van der Waals surface area contributed by atoms with Crippen molar-refractivity contribution in [1.82, 2.24) is 5.32 Å². The standard InChI is InChI=1S/C14H23NO/c1-12(15-10-9-14(2,3)16)11-13-7-5-4-6-8-13/h4-8,12,15-16H,9-11H2,1-3H3. The maximum Gasteiger partial charge on any atom is 0.0603 e. The number of benzene rings is 1. The fourth-order valence-electron chi connectivity index (χ4n) is 1.66. The van der Waals surface area contributed by atoms with Crippen LogP contribution in [0.3, 0.4) is 0 Å². The van der Waals surface area contributed by atoms with Gasteiger partial charge in [0.25, 0.3) is 0 Å². The van der Waals surface area contributed by atoms with E-state index in [2.05, 4.69) is 36.5 Å². The smallest absolute Gasteiger partial charge is 0.0603 e. The highest BCUT2D eigenvalue weighted by molar-refractivity contribution is 5.15. The molecule has 2 N–H and O–H groups in total. The lowest BCUT2D eigenvalue weighted by Gasteiger charge is -2.19. The van der Waals surface area contributed by atoms with E-state index in [1.165, 1.54) is 5.56 Å². The van der Waals surface area contributed by atoms with Crippen molar-refractivity contribution in [2.24, 2.45) is 0 Å². The SMILES string of the molecule is CC(Cc1ccccc1)NCCC(C)(C)O.